The van der Waals surface area contributed by atoms with E-state index in [1.165, 1.54) is 6.42 Å². The Kier molecular flexibility index (Phi) is 5.62. The molecule has 0 spiro atoms. The molecule has 4 heteroatoms. The number of amides is 1. The van der Waals surface area contributed by atoms with Crippen molar-refractivity contribution in [2.24, 2.45) is 0 Å². The van der Waals surface area contributed by atoms with Gasteiger partial charge in [-0.15, -0.1) is 0 Å². The summed E-state index contributed by atoms with van der Waals surface area (Å²) in [5.41, 5.74) is 0.986. The van der Waals surface area contributed by atoms with Crippen LogP contribution in [0.3, 0.4) is 0 Å². The molecule has 1 aromatic rings. The van der Waals surface area contributed by atoms with E-state index in [0.29, 0.717) is 0 Å². The molecule has 1 aliphatic heterocycles. The van der Waals surface area contributed by atoms with Gasteiger partial charge in [-0.05, 0) is 43.0 Å². The molecule has 0 radical (unpaired) electrons. The van der Waals surface area contributed by atoms with Crippen molar-refractivity contribution in [3.63, 3.8) is 0 Å². The van der Waals surface area contributed by atoms with E-state index in [4.69, 9.17) is 9.47 Å². The molecule has 0 atom stereocenters. The minimum Gasteiger partial charge on any atom is -0.468 e. The Bertz CT molecular complexity index is 447. The van der Waals surface area contributed by atoms with Gasteiger partial charge < -0.3 is 14.4 Å². The number of hydrogen-bond acceptors (Lipinski definition) is 3. The summed E-state index contributed by atoms with van der Waals surface area (Å²) in [6, 6.07) is 7.57. The van der Waals surface area contributed by atoms with Gasteiger partial charge in [0.25, 0.3) is 0 Å². The fourth-order valence-corrected chi connectivity index (χ4v) is 2.19. The Labute approximate surface area is 120 Å². The van der Waals surface area contributed by atoms with E-state index in [2.05, 4.69) is 0 Å². The molecule has 1 fully saturated rings. The molecule has 20 heavy (non-hydrogen) atoms. The molecule has 1 aromatic carbocycles. The fraction of sp³-hybridized carbons (Fsp3) is 0.438. The third-order valence-electron chi connectivity index (χ3n) is 3.31. The second kappa shape index (κ2) is 7.70. The number of benzene rings is 1. The van der Waals surface area contributed by atoms with Crippen LogP contribution in [0.2, 0.25) is 0 Å². The third-order valence-corrected chi connectivity index (χ3v) is 3.31. The van der Waals surface area contributed by atoms with Crippen molar-refractivity contribution in [2.75, 3.05) is 27.0 Å². The molecule has 0 unspecified atom stereocenters. The van der Waals surface area contributed by atoms with Gasteiger partial charge in [-0.1, -0.05) is 12.1 Å². The first-order chi connectivity index (χ1) is 9.79. The summed E-state index contributed by atoms with van der Waals surface area (Å²) >= 11 is 0. The first-order valence-corrected chi connectivity index (χ1v) is 6.98. The van der Waals surface area contributed by atoms with Crippen LogP contribution in [0, 0.1) is 0 Å². The molecule has 0 aromatic heterocycles. The molecular weight excluding hydrogens is 254 g/mol. The van der Waals surface area contributed by atoms with Crippen LogP contribution in [0.5, 0.6) is 5.75 Å². The summed E-state index contributed by atoms with van der Waals surface area (Å²) in [6.07, 6.45) is 6.96. The van der Waals surface area contributed by atoms with E-state index in [-0.39, 0.29) is 12.7 Å². The number of ether oxygens (including phenoxy) is 2. The summed E-state index contributed by atoms with van der Waals surface area (Å²) in [5.74, 6) is 0.857. The highest BCUT2D eigenvalue weighted by Gasteiger charge is 2.13. The summed E-state index contributed by atoms with van der Waals surface area (Å²) in [6.45, 7) is 2.00. The lowest BCUT2D eigenvalue weighted by Gasteiger charge is -2.25. The number of methoxy groups -OCH3 is 1. The van der Waals surface area contributed by atoms with E-state index >= 15 is 0 Å². The van der Waals surface area contributed by atoms with Crippen molar-refractivity contribution in [1.29, 1.82) is 0 Å². The van der Waals surface area contributed by atoms with Crippen LogP contribution in [0.25, 0.3) is 6.08 Å². The van der Waals surface area contributed by atoms with Crippen LogP contribution in [-0.4, -0.2) is 37.8 Å². The number of carbonyl (C=O) groups excluding carboxylic acids is 1. The third kappa shape index (κ3) is 4.38. The van der Waals surface area contributed by atoms with Crippen LogP contribution in [-0.2, 0) is 9.53 Å². The van der Waals surface area contributed by atoms with Crippen molar-refractivity contribution < 1.29 is 14.3 Å². The van der Waals surface area contributed by atoms with Crippen molar-refractivity contribution in [3.05, 3.63) is 35.9 Å². The maximum absolute atomic E-state index is 12.0. The normalized spacial score (nSPS) is 15.6. The summed E-state index contributed by atoms with van der Waals surface area (Å²) in [4.78, 5) is 13.9. The Morgan fingerprint density at radius 3 is 2.55 bits per heavy atom. The standard InChI is InChI=1S/C16H21NO3/c1-19-13-20-15-8-5-14(6-9-15)7-10-16(18)17-11-3-2-4-12-17/h5-10H,2-4,11-13H2,1H3/b10-7+. The predicted molar refractivity (Wildman–Crippen MR) is 78.4 cm³/mol. The van der Waals surface area contributed by atoms with Crippen LogP contribution < -0.4 is 4.74 Å². The quantitative estimate of drug-likeness (QED) is 0.612. The summed E-state index contributed by atoms with van der Waals surface area (Å²) in [7, 11) is 1.59. The zero-order valence-electron chi connectivity index (χ0n) is 11.9. The van der Waals surface area contributed by atoms with Gasteiger partial charge in [0, 0.05) is 26.3 Å². The van der Waals surface area contributed by atoms with Gasteiger partial charge in [0.05, 0.1) is 0 Å². The lowest BCUT2D eigenvalue weighted by Crippen LogP contribution is -2.34. The van der Waals surface area contributed by atoms with Crippen molar-refractivity contribution in [3.8, 4) is 5.75 Å². The molecule has 1 amide bonds. The Morgan fingerprint density at radius 1 is 1.20 bits per heavy atom. The van der Waals surface area contributed by atoms with E-state index < -0.39 is 0 Å². The number of hydrogen-bond donors (Lipinski definition) is 0. The monoisotopic (exact) mass is 275 g/mol. The van der Waals surface area contributed by atoms with Gasteiger partial charge in [-0.2, -0.15) is 0 Å². The molecule has 4 nitrogen and oxygen atoms in total. The zero-order chi connectivity index (χ0) is 14.2. The van der Waals surface area contributed by atoms with E-state index in [1.807, 2.05) is 35.2 Å². The van der Waals surface area contributed by atoms with E-state index in [0.717, 1.165) is 37.2 Å². The van der Waals surface area contributed by atoms with Crippen molar-refractivity contribution in [2.45, 2.75) is 19.3 Å². The maximum atomic E-state index is 12.0. The second-order valence-electron chi connectivity index (χ2n) is 4.84. The molecular formula is C16H21NO3. The summed E-state index contributed by atoms with van der Waals surface area (Å²) in [5, 5.41) is 0. The van der Waals surface area contributed by atoms with Crippen molar-refractivity contribution in [1.82, 2.24) is 4.90 Å². The molecule has 0 aliphatic carbocycles. The molecule has 0 N–H and O–H groups in total. The number of nitrogens with zero attached hydrogens (tertiary/aromatic N) is 1. The molecule has 1 heterocycles. The van der Waals surface area contributed by atoms with E-state index in [1.54, 1.807) is 13.2 Å². The molecule has 0 saturated carbocycles. The molecule has 2 rings (SSSR count). The minimum atomic E-state index is 0.101. The molecule has 1 saturated heterocycles. The fourth-order valence-electron chi connectivity index (χ4n) is 2.19. The minimum absolute atomic E-state index is 0.101. The molecule has 1 aliphatic rings. The SMILES string of the molecule is COCOc1ccc(/C=C/C(=O)N2CCCCC2)cc1. The first-order valence-electron chi connectivity index (χ1n) is 6.98. The average molecular weight is 275 g/mol. The second-order valence-corrected chi connectivity index (χ2v) is 4.84. The predicted octanol–water partition coefficient (Wildman–Crippen LogP) is 2.70. The highest BCUT2D eigenvalue weighted by Crippen LogP contribution is 2.14. The Hall–Kier alpha value is -1.81. The van der Waals surface area contributed by atoms with Crippen molar-refractivity contribution >= 4 is 12.0 Å². The van der Waals surface area contributed by atoms with Crippen LogP contribution in [0.1, 0.15) is 24.8 Å². The lowest BCUT2D eigenvalue weighted by atomic mass is 10.1. The average Bonchev–Trinajstić information content (AvgIpc) is 2.52. The van der Waals surface area contributed by atoms with Gasteiger partial charge in [0.2, 0.25) is 5.91 Å². The molecule has 108 valence electrons. The van der Waals surface area contributed by atoms with Crippen LogP contribution in [0.15, 0.2) is 30.3 Å². The largest absolute Gasteiger partial charge is 0.468 e. The smallest absolute Gasteiger partial charge is 0.246 e. The first kappa shape index (κ1) is 14.6. The highest BCUT2D eigenvalue weighted by molar-refractivity contribution is 5.91. The van der Waals surface area contributed by atoms with Gasteiger partial charge in [0.1, 0.15) is 5.75 Å². The van der Waals surface area contributed by atoms with Gasteiger partial charge >= 0.3 is 0 Å². The number of carbonyl (C=O) groups is 1. The summed E-state index contributed by atoms with van der Waals surface area (Å²) < 4.78 is 10.1. The zero-order valence-corrected chi connectivity index (χ0v) is 11.9. The molecule has 0 bridgehead atoms. The van der Waals surface area contributed by atoms with Crippen LogP contribution >= 0.6 is 0 Å². The number of rotatable bonds is 5. The van der Waals surface area contributed by atoms with Crippen LogP contribution in [0.4, 0.5) is 0 Å². The topological polar surface area (TPSA) is 38.8 Å². The lowest BCUT2D eigenvalue weighted by molar-refractivity contribution is -0.126. The van der Waals surface area contributed by atoms with Gasteiger partial charge in [0.15, 0.2) is 6.79 Å². The van der Waals surface area contributed by atoms with Gasteiger partial charge in [-0.3, -0.25) is 4.79 Å². The Morgan fingerprint density at radius 2 is 1.90 bits per heavy atom. The Balaban J connectivity index is 1.88. The maximum Gasteiger partial charge on any atom is 0.246 e. The number of piperidine rings is 1. The van der Waals surface area contributed by atoms with E-state index in [9.17, 15) is 4.79 Å². The highest BCUT2D eigenvalue weighted by atomic mass is 16.7. The number of likely N-dealkylation sites (tertiary alicyclic amines) is 1. The van der Waals surface area contributed by atoms with Gasteiger partial charge in [-0.25, -0.2) is 0 Å².